The molecule has 0 bridgehead atoms. The van der Waals surface area contributed by atoms with Crippen LogP contribution < -0.4 is 14.8 Å². The molecule has 1 N–H and O–H groups in total. The molecule has 0 atom stereocenters. The standard InChI is InChI=1S/C20H18N2O4S/c1-13-19(15-6-4-3-5-7-15)22-20(27-13)21-18(24)12-26-16-9-8-14(11-23)10-17(16)25-2/h3-11H,12H2,1-2H3,(H,21,22,24). The number of aryl methyl sites for hydroxylation is 1. The molecule has 27 heavy (non-hydrogen) atoms. The summed E-state index contributed by atoms with van der Waals surface area (Å²) in [7, 11) is 1.47. The zero-order valence-corrected chi connectivity index (χ0v) is 15.7. The van der Waals surface area contributed by atoms with Gasteiger partial charge in [0, 0.05) is 16.0 Å². The molecule has 0 saturated carbocycles. The van der Waals surface area contributed by atoms with Crippen LogP contribution in [-0.4, -0.2) is 30.9 Å². The maximum Gasteiger partial charge on any atom is 0.264 e. The van der Waals surface area contributed by atoms with Crippen LogP contribution in [0.4, 0.5) is 5.13 Å². The number of carbonyl (C=O) groups excluding carboxylic acids is 2. The Morgan fingerprint density at radius 3 is 2.67 bits per heavy atom. The van der Waals surface area contributed by atoms with Gasteiger partial charge in [-0.2, -0.15) is 0 Å². The van der Waals surface area contributed by atoms with Gasteiger partial charge in [0.1, 0.15) is 6.29 Å². The van der Waals surface area contributed by atoms with Crippen molar-refractivity contribution in [1.82, 2.24) is 4.98 Å². The monoisotopic (exact) mass is 382 g/mol. The molecule has 0 fully saturated rings. The summed E-state index contributed by atoms with van der Waals surface area (Å²) in [5.74, 6) is 0.451. The van der Waals surface area contributed by atoms with Crippen molar-refractivity contribution in [3.05, 3.63) is 59.0 Å². The lowest BCUT2D eigenvalue weighted by molar-refractivity contribution is -0.118. The second-order valence-electron chi connectivity index (χ2n) is 5.65. The van der Waals surface area contributed by atoms with Gasteiger partial charge in [0.05, 0.1) is 12.8 Å². The number of aldehydes is 1. The van der Waals surface area contributed by atoms with E-state index in [4.69, 9.17) is 9.47 Å². The van der Waals surface area contributed by atoms with Crippen LogP contribution in [0.25, 0.3) is 11.3 Å². The van der Waals surface area contributed by atoms with Gasteiger partial charge in [-0.05, 0) is 25.1 Å². The molecule has 0 aliphatic heterocycles. The molecule has 0 aliphatic carbocycles. The number of aromatic nitrogens is 1. The van der Waals surface area contributed by atoms with E-state index in [0.29, 0.717) is 28.5 Å². The number of hydrogen-bond acceptors (Lipinski definition) is 6. The number of nitrogens with zero attached hydrogens (tertiary/aromatic N) is 1. The molecule has 7 heteroatoms. The summed E-state index contributed by atoms with van der Waals surface area (Å²) < 4.78 is 10.7. The average molecular weight is 382 g/mol. The molecule has 138 valence electrons. The second kappa shape index (κ2) is 8.46. The molecule has 2 aromatic carbocycles. The molecule has 1 aromatic heterocycles. The summed E-state index contributed by atoms with van der Waals surface area (Å²) in [6.07, 6.45) is 0.716. The fraction of sp³-hybridized carbons (Fsp3) is 0.150. The second-order valence-corrected chi connectivity index (χ2v) is 6.86. The highest BCUT2D eigenvalue weighted by molar-refractivity contribution is 7.16. The number of hydrogen-bond donors (Lipinski definition) is 1. The predicted molar refractivity (Wildman–Crippen MR) is 105 cm³/mol. The van der Waals surface area contributed by atoms with Gasteiger partial charge in [-0.25, -0.2) is 4.98 Å². The molecular formula is C20H18N2O4S. The first kappa shape index (κ1) is 18.6. The number of amides is 1. The summed E-state index contributed by atoms with van der Waals surface area (Å²) >= 11 is 1.41. The van der Waals surface area contributed by atoms with Gasteiger partial charge in [-0.1, -0.05) is 30.3 Å². The maximum atomic E-state index is 12.2. The number of rotatable bonds is 7. The number of nitrogens with one attached hydrogen (secondary N) is 1. The molecule has 6 nitrogen and oxygen atoms in total. The number of anilines is 1. The third-order valence-electron chi connectivity index (χ3n) is 3.77. The lowest BCUT2D eigenvalue weighted by Gasteiger charge is -2.10. The Morgan fingerprint density at radius 2 is 1.96 bits per heavy atom. The zero-order valence-electron chi connectivity index (χ0n) is 14.9. The lowest BCUT2D eigenvalue weighted by Crippen LogP contribution is -2.20. The van der Waals surface area contributed by atoms with Crippen LogP contribution in [0.15, 0.2) is 48.5 Å². The first-order valence-electron chi connectivity index (χ1n) is 8.19. The van der Waals surface area contributed by atoms with Crippen LogP contribution >= 0.6 is 11.3 Å². The van der Waals surface area contributed by atoms with Crippen molar-refractivity contribution in [2.75, 3.05) is 19.0 Å². The third kappa shape index (κ3) is 4.51. The van der Waals surface area contributed by atoms with Crippen molar-refractivity contribution in [3.63, 3.8) is 0 Å². The fourth-order valence-electron chi connectivity index (χ4n) is 2.49. The predicted octanol–water partition coefficient (Wildman–Crippen LogP) is 3.96. The SMILES string of the molecule is COc1cc(C=O)ccc1OCC(=O)Nc1nc(-c2ccccc2)c(C)s1. The summed E-state index contributed by atoms with van der Waals surface area (Å²) in [5.41, 5.74) is 2.32. The minimum Gasteiger partial charge on any atom is -0.493 e. The Hall–Kier alpha value is -3.19. The normalized spacial score (nSPS) is 10.3. The summed E-state index contributed by atoms with van der Waals surface area (Å²) in [6.45, 7) is 1.77. The van der Waals surface area contributed by atoms with E-state index in [1.807, 2.05) is 37.3 Å². The smallest absolute Gasteiger partial charge is 0.264 e. The molecular weight excluding hydrogens is 364 g/mol. The fourth-order valence-corrected chi connectivity index (χ4v) is 3.34. The first-order valence-corrected chi connectivity index (χ1v) is 9.01. The Labute approximate surface area is 160 Å². The number of thiazole rings is 1. The molecule has 1 amide bonds. The lowest BCUT2D eigenvalue weighted by atomic mass is 10.1. The summed E-state index contributed by atoms with van der Waals surface area (Å²) in [6, 6.07) is 14.5. The van der Waals surface area contributed by atoms with Crippen molar-refractivity contribution in [2.45, 2.75) is 6.92 Å². The van der Waals surface area contributed by atoms with Gasteiger partial charge in [-0.3, -0.25) is 14.9 Å². The average Bonchev–Trinajstić information content (AvgIpc) is 3.06. The highest BCUT2D eigenvalue weighted by Crippen LogP contribution is 2.30. The van der Waals surface area contributed by atoms with Gasteiger partial charge < -0.3 is 9.47 Å². The quantitative estimate of drug-likeness (QED) is 0.626. The van der Waals surface area contributed by atoms with Crippen LogP contribution in [0, 0.1) is 6.92 Å². The first-order chi connectivity index (χ1) is 13.1. The van der Waals surface area contributed by atoms with Crippen molar-refractivity contribution in [2.24, 2.45) is 0 Å². The Morgan fingerprint density at radius 1 is 1.19 bits per heavy atom. The van der Waals surface area contributed by atoms with E-state index in [1.54, 1.807) is 18.2 Å². The minimum atomic E-state index is -0.329. The number of carbonyl (C=O) groups is 2. The van der Waals surface area contributed by atoms with E-state index in [1.165, 1.54) is 18.4 Å². The molecule has 0 saturated heterocycles. The van der Waals surface area contributed by atoms with Crippen LogP contribution in [0.2, 0.25) is 0 Å². The van der Waals surface area contributed by atoms with Gasteiger partial charge in [0.25, 0.3) is 5.91 Å². The molecule has 0 unspecified atom stereocenters. The number of ether oxygens (including phenoxy) is 2. The molecule has 0 spiro atoms. The van der Waals surface area contributed by atoms with Gasteiger partial charge >= 0.3 is 0 Å². The van der Waals surface area contributed by atoms with Crippen LogP contribution in [0.5, 0.6) is 11.5 Å². The van der Waals surface area contributed by atoms with Crippen LogP contribution in [0.3, 0.4) is 0 Å². The van der Waals surface area contributed by atoms with E-state index in [-0.39, 0.29) is 12.5 Å². The third-order valence-corrected chi connectivity index (χ3v) is 4.66. The largest absolute Gasteiger partial charge is 0.493 e. The Balaban J connectivity index is 1.64. The van der Waals surface area contributed by atoms with Crippen molar-refractivity contribution < 1.29 is 19.1 Å². The molecule has 3 aromatic rings. The van der Waals surface area contributed by atoms with E-state index in [9.17, 15) is 9.59 Å². The van der Waals surface area contributed by atoms with Crippen molar-refractivity contribution >= 4 is 28.7 Å². The molecule has 0 aliphatic rings. The number of benzene rings is 2. The zero-order chi connectivity index (χ0) is 19.2. The van der Waals surface area contributed by atoms with Crippen molar-refractivity contribution in [1.29, 1.82) is 0 Å². The summed E-state index contributed by atoms with van der Waals surface area (Å²) in [5, 5.41) is 3.27. The van der Waals surface area contributed by atoms with Gasteiger partial charge in [0.15, 0.2) is 23.2 Å². The van der Waals surface area contributed by atoms with E-state index in [0.717, 1.165) is 16.1 Å². The topological polar surface area (TPSA) is 77.5 Å². The van der Waals surface area contributed by atoms with E-state index >= 15 is 0 Å². The van der Waals surface area contributed by atoms with Crippen LogP contribution in [-0.2, 0) is 4.79 Å². The molecule has 1 heterocycles. The Kier molecular flexibility index (Phi) is 5.83. The highest BCUT2D eigenvalue weighted by Gasteiger charge is 2.13. The van der Waals surface area contributed by atoms with Gasteiger partial charge in [-0.15, -0.1) is 11.3 Å². The minimum absolute atomic E-state index is 0.198. The number of methoxy groups -OCH3 is 1. The summed E-state index contributed by atoms with van der Waals surface area (Å²) in [4.78, 5) is 28.5. The maximum absolute atomic E-state index is 12.2. The van der Waals surface area contributed by atoms with Gasteiger partial charge in [0.2, 0.25) is 0 Å². The van der Waals surface area contributed by atoms with E-state index < -0.39 is 0 Å². The van der Waals surface area contributed by atoms with Crippen LogP contribution in [0.1, 0.15) is 15.2 Å². The molecule has 3 rings (SSSR count). The Bertz CT molecular complexity index is 954. The molecule has 0 radical (unpaired) electrons. The van der Waals surface area contributed by atoms with Crippen molar-refractivity contribution in [3.8, 4) is 22.8 Å². The van der Waals surface area contributed by atoms with E-state index in [2.05, 4.69) is 10.3 Å². The highest BCUT2D eigenvalue weighted by atomic mass is 32.1.